The van der Waals surface area contributed by atoms with Crippen LogP contribution in [0.5, 0.6) is 5.75 Å². The molecule has 0 radical (unpaired) electrons. The van der Waals surface area contributed by atoms with Crippen LogP contribution in [0.15, 0.2) is 47.4 Å². The number of amides is 2. The van der Waals surface area contributed by atoms with Crippen LogP contribution < -0.4 is 36.5 Å². The highest BCUT2D eigenvalue weighted by molar-refractivity contribution is 6.33. The van der Waals surface area contributed by atoms with Gasteiger partial charge in [0.05, 0.1) is 40.6 Å². The lowest BCUT2D eigenvalue weighted by Crippen LogP contribution is -2.60. The fourth-order valence-electron chi connectivity index (χ4n) is 9.90. The molecule has 0 bridgehead atoms. The first-order valence-electron chi connectivity index (χ1n) is 20.3. The number of imide groups is 1. The Hall–Kier alpha value is -5.51. The van der Waals surface area contributed by atoms with Gasteiger partial charge in [0.15, 0.2) is 12.4 Å². The molecule has 2 saturated heterocycles. The van der Waals surface area contributed by atoms with Crippen molar-refractivity contribution in [1.29, 1.82) is 0 Å². The number of halogens is 3. The predicted octanol–water partition coefficient (Wildman–Crippen LogP) is 6.46. The van der Waals surface area contributed by atoms with Gasteiger partial charge in [0.1, 0.15) is 5.02 Å². The van der Waals surface area contributed by atoms with Crippen LogP contribution in [0.2, 0.25) is 5.02 Å². The number of rotatable bonds is 7. The summed E-state index contributed by atoms with van der Waals surface area (Å²) < 4.78 is 39.1. The van der Waals surface area contributed by atoms with E-state index in [1.165, 1.54) is 4.57 Å². The summed E-state index contributed by atoms with van der Waals surface area (Å²) in [5.74, 6) is -3.01. The third-order valence-corrected chi connectivity index (χ3v) is 13.4. The van der Waals surface area contributed by atoms with Gasteiger partial charge < -0.3 is 30.2 Å². The van der Waals surface area contributed by atoms with Crippen LogP contribution in [0.4, 0.5) is 37.6 Å². The predicted molar refractivity (Wildman–Crippen MR) is 221 cm³/mol. The molecule has 6 heterocycles. The molecule has 3 aliphatic heterocycles. The quantitative estimate of drug-likeness (QED) is 0.134. The molecule has 10 rings (SSSR count). The maximum absolute atomic E-state index is 15.2. The number of nitrogens with one attached hydrogen (secondary N) is 4. The van der Waals surface area contributed by atoms with Gasteiger partial charge >= 0.3 is 5.92 Å². The molecule has 17 heteroatoms. The number of hydrogen-bond acceptors (Lipinski definition) is 11. The van der Waals surface area contributed by atoms with Gasteiger partial charge in [0, 0.05) is 67.2 Å². The Morgan fingerprint density at radius 1 is 0.983 bits per heavy atom. The second-order valence-corrected chi connectivity index (χ2v) is 17.8. The molecule has 2 saturated carbocycles. The van der Waals surface area contributed by atoms with Gasteiger partial charge in [-0.15, -0.1) is 0 Å². The maximum atomic E-state index is 15.2. The summed E-state index contributed by atoms with van der Waals surface area (Å²) in [4.78, 5) is 49.1. The van der Waals surface area contributed by atoms with Crippen molar-refractivity contribution in [2.24, 2.45) is 31.3 Å². The first-order valence-corrected chi connectivity index (χ1v) is 20.7. The summed E-state index contributed by atoms with van der Waals surface area (Å²) in [6, 6.07) is 10.7. The van der Waals surface area contributed by atoms with E-state index >= 15 is 8.78 Å². The van der Waals surface area contributed by atoms with Gasteiger partial charge in [0.25, 0.3) is 5.56 Å². The third-order valence-electron chi connectivity index (χ3n) is 13.2. The number of aryl methyl sites for hydroxylation is 2. The van der Waals surface area contributed by atoms with Gasteiger partial charge in [-0.2, -0.15) is 10.1 Å². The molecule has 4 atom stereocenters. The summed E-state index contributed by atoms with van der Waals surface area (Å²) in [5, 5.41) is 19.1. The van der Waals surface area contributed by atoms with E-state index in [9.17, 15) is 14.4 Å². The Labute approximate surface area is 343 Å². The average Bonchev–Trinajstić information content (AvgIpc) is 4.00. The van der Waals surface area contributed by atoms with E-state index in [1.54, 1.807) is 31.4 Å². The lowest BCUT2D eigenvalue weighted by molar-refractivity contribution is -0.134. The van der Waals surface area contributed by atoms with Crippen molar-refractivity contribution in [2.45, 2.75) is 75.8 Å². The zero-order valence-corrected chi connectivity index (χ0v) is 33.7. The number of ether oxygens (including phenoxy) is 1. The first-order chi connectivity index (χ1) is 28.3. The van der Waals surface area contributed by atoms with Crippen molar-refractivity contribution in [3.8, 4) is 5.75 Å². The number of anilines is 5. The SMILES string of the molecule is C[C@H]1CC2(CC[C@H]1Nc1ccc3c(C4CCC(=O)NC4=O)nn(C)c3c1)CN(c1ncc(Cl)c(Nc3ccc4c(c3)c3c(c(=O)n4C)OCC(F)(F)C(C4CC4)N3)n1)C2. The van der Waals surface area contributed by atoms with E-state index in [2.05, 4.69) is 50.2 Å². The highest BCUT2D eigenvalue weighted by Gasteiger charge is 2.51. The largest absolute Gasteiger partial charge is 0.480 e. The number of piperidine rings is 1. The van der Waals surface area contributed by atoms with Crippen LogP contribution >= 0.6 is 11.6 Å². The third kappa shape index (κ3) is 6.59. The lowest BCUT2D eigenvalue weighted by Gasteiger charge is -2.55. The number of aromatic nitrogens is 5. The van der Waals surface area contributed by atoms with Gasteiger partial charge in [0.2, 0.25) is 23.5 Å². The molecule has 4 N–H and O–H groups in total. The van der Waals surface area contributed by atoms with Crippen molar-refractivity contribution < 1.29 is 23.1 Å². The van der Waals surface area contributed by atoms with E-state index in [-0.39, 0.29) is 40.6 Å². The summed E-state index contributed by atoms with van der Waals surface area (Å²) >= 11 is 6.63. The molecule has 2 aliphatic carbocycles. The first kappa shape index (κ1) is 37.7. The zero-order valence-electron chi connectivity index (χ0n) is 32.9. The van der Waals surface area contributed by atoms with Crippen LogP contribution in [0.1, 0.15) is 63.5 Å². The van der Waals surface area contributed by atoms with Crippen LogP contribution in [-0.2, 0) is 23.7 Å². The molecule has 4 fully saturated rings. The minimum atomic E-state index is -3.13. The number of pyridine rings is 1. The Kier molecular flexibility index (Phi) is 8.82. The maximum Gasteiger partial charge on any atom is 0.301 e. The van der Waals surface area contributed by atoms with Crippen LogP contribution in [0.3, 0.4) is 0 Å². The average molecular weight is 827 g/mol. The molecule has 59 heavy (non-hydrogen) atoms. The van der Waals surface area contributed by atoms with Gasteiger partial charge in [-0.1, -0.05) is 18.5 Å². The fraction of sp³-hybridized carbons (Fsp3) is 0.476. The molecule has 3 aromatic heterocycles. The van der Waals surface area contributed by atoms with Gasteiger partial charge in [-0.25, -0.2) is 13.8 Å². The molecule has 1 spiro atoms. The Balaban J connectivity index is 0.814. The van der Waals surface area contributed by atoms with Crippen LogP contribution in [-0.4, -0.2) is 73.8 Å². The fourth-order valence-corrected chi connectivity index (χ4v) is 10.0. The van der Waals surface area contributed by atoms with Crippen LogP contribution in [0, 0.1) is 17.3 Å². The summed E-state index contributed by atoms with van der Waals surface area (Å²) in [6.07, 6.45) is 6.85. The smallest absolute Gasteiger partial charge is 0.301 e. The van der Waals surface area contributed by atoms with Crippen molar-refractivity contribution in [1.82, 2.24) is 29.6 Å². The summed E-state index contributed by atoms with van der Waals surface area (Å²) in [7, 11) is 3.48. The van der Waals surface area contributed by atoms with E-state index in [1.807, 2.05) is 17.8 Å². The molecule has 2 aromatic carbocycles. The Morgan fingerprint density at radius 3 is 2.54 bits per heavy atom. The molecular weight excluding hydrogens is 782 g/mol. The van der Waals surface area contributed by atoms with Crippen molar-refractivity contribution in [3.63, 3.8) is 0 Å². The Bertz CT molecular complexity index is 2620. The lowest BCUT2D eigenvalue weighted by atomic mass is 9.64. The number of benzene rings is 2. The van der Waals surface area contributed by atoms with E-state index in [0.29, 0.717) is 70.7 Å². The standard InChI is InChI=1S/C42H45ClF2N10O4/c1-21-16-41(13-12-29(21)47-24-6-8-25-31(15-24)54(3)52-33(25)26-9-11-32(56)49-38(26)57)18-55(19-41)40-46-17-28(43)37(51-40)48-23-7-10-30-27(14-23)34-35(39(58)53(30)2)59-20-42(44,45)36(50-34)22-4-5-22/h6-8,10,14-15,17,21-22,26,29,36,47,50H,4-5,9,11-13,16,18-20H2,1-3H3,(H,46,48,51)(H,49,56,57)/t21-,26?,29+,36?/m0/s1. The zero-order chi connectivity index (χ0) is 41.0. The number of nitrogens with zero attached hydrogens (tertiary/aromatic N) is 6. The summed E-state index contributed by atoms with van der Waals surface area (Å²) in [5.41, 5.74) is 3.78. The molecule has 14 nitrogen and oxygen atoms in total. The number of alkyl halides is 2. The number of fused-ring (bicyclic) bond motifs is 4. The molecular formula is C42H45ClF2N10O4. The van der Waals surface area contributed by atoms with Gasteiger partial charge in [-0.3, -0.25) is 24.4 Å². The highest BCUT2D eigenvalue weighted by atomic mass is 35.5. The second-order valence-electron chi connectivity index (χ2n) is 17.4. The molecule has 5 aromatic rings. The molecule has 2 amide bonds. The van der Waals surface area contributed by atoms with Crippen molar-refractivity contribution in [2.75, 3.05) is 40.5 Å². The number of hydrogen-bond donors (Lipinski definition) is 4. The monoisotopic (exact) mass is 826 g/mol. The number of carbonyl (C=O) groups is 2. The number of carbonyl (C=O) groups excluding carboxylic acids is 2. The Morgan fingerprint density at radius 2 is 1.78 bits per heavy atom. The van der Waals surface area contributed by atoms with Crippen LogP contribution in [0.25, 0.3) is 21.8 Å². The normalized spacial score (nSPS) is 24.8. The molecule has 2 unspecified atom stereocenters. The van der Waals surface area contributed by atoms with E-state index in [4.69, 9.17) is 26.4 Å². The minimum Gasteiger partial charge on any atom is -0.480 e. The van der Waals surface area contributed by atoms with E-state index < -0.39 is 30.0 Å². The summed E-state index contributed by atoms with van der Waals surface area (Å²) in [6.45, 7) is 3.08. The van der Waals surface area contributed by atoms with Crippen molar-refractivity contribution >= 4 is 74.0 Å². The highest BCUT2D eigenvalue weighted by Crippen LogP contribution is 2.49. The second kappa shape index (κ2) is 13.8. The topological polar surface area (TPSA) is 160 Å². The van der Waals surface area contributed by atoms with E-state index in [0.717, 1.165) is 48.9 Å². The van der Waals surface area contributed by atoms with Crippen molar-refractivity contribution in [3.05, 3.63) is 63.7 Å². The molecule has 308 valence electrons. The molecule has 5 aliphatic rings. The van der Waals surface area contributed by atoms with Gasteiger partial charge in [-0.05, 0) is 86.8 Å². The minimum absolute atomic E-state index is 0.110.